The van der Waals surface area contributed by atoms with Crippen LogP contribution >= 0.6 is 22.9 Å². The van der Waals surface area contributed by atoms with Gasteiger partial charge in [0.2, 0.25) is 0 Å². The molecule has 4 aromatic rings. The third kappa shape index (κ3) is 6.76. The lowest BCUT2D eigenvalue weighted by molar-refractivity contribution is -0.142. The molecule has 2 fully saturated rings. The third-order valence-corrected chi connectivity index (χ3v) is 11.0. The molecular weight excluding hydrogens is 744 g/mol. The first-order valence-corrected chi connectivity index (χ1v) is 18.1. The Morgan fingerprint density at radius 2 is 1.89 bits per heavy atom. The number of nitrogens with one attached hydrogen (secondary N) is 1. The number of amides is 2. The smallest absolute Gasteiger partial charge is 0.338 e. The molecule has 0 aliphatic carbocycles. The number of esters is 1. The lowest BCUT2D eigenvalue weighted by Gasteiger charge is -2.38. The number of halogens is 3. The average molecular weight is 778 g/mol. The van der Waals surface area contributed by atoms with E-state index in [1.807, 2.05) is 0 Å². The van der Waals surface area contributed by atoms with Crippen LogP contribution in [-0.2, 0) is 19.7 Å². The van der Waals surface area contributed by atoms with Crippen LogP contribution in [0.15, 0.2) is 87.4 Å². The predicted molar refractivity (Wildman–Crippen MR) is 197 cm³/mol. The van der Waals surface area contributed by atoms with Gasteiger partial charge in [-0.1, -0.05) is 23.7 Å². The first-order valence-electron chi connectivity index (χ1n) is 16.8. The number of fused-ring (bicyclic) bond motifs is 1. The number of aliphatic carboxylic acids is 1. The van der Waals surface area contributed by atoms with Gasteiger partial charge in [0, 0.05) is 72.8 Å². The summed E-state index contributed by atoms with van der Waals surface area (Å²) in [5.41, 5.74) is -0.256. The Morgan fingerprint density at radius 1 is 1.09 bits per heavy atom. The van der Waals surface area contributed by atoms with Gasteiger partial charge in [0.1, 0.15) is 17.7 Å². The molecule has 2 N–H and O–H groups in total. The number of carboxylic acids is 1. The molecule has 0 spiro atoms. The van der Waals surface area contributed by atoms with E-state index in [1.165, 1.54) is 79.8 Å². The highest BCUT2D eigenvalue weighted by molar-refractivity contribution is 7.11. The minimum atomic E-state index is -1.35. The number of ether oxygens (including phenoxy) is 1. The quantitative estimate of drug-likeness (QED) is 0.230. The second kappa shape index (κ2) is 14.4. The zero-order valence-electron chi connectivity index (χ0n) is 29.3. The zero-order valence-corrected chi connectivity index (χ0v) is 30.8. The highest BCUT2D eigenvalue weighted by Crippen LogP contribution is 2.37. The number of urea groups is 1. The maximum Gasteiger partial charge on any atom is 0.338 e. The number of piperazine rings is 1. The molecule has 7 rings (SSSR count). The number of carbonyl (C=O) groups is 3. The van der Waals surface area contributed by atoms with E-state index in [4.69, 9.17) is 21.3 Å². The summed E-state index contributed by atoms with van der Waals surface area (Å²) in [5, 5.41) is 15.3. The summed E-state index contributed by atoms with van der Waals surface area (Å²) in [4.78, 5) is 66.3. The normalized spacial score (nSPS) is 19.1. The number of anilines is 1. The molecule has 3 aliphatic heterocycles. The van der Waals surface area contributed by atoms with Crippen LogP contribution in [0.3, 0.4) is 0 Å². The van der Waals surface area contributed by atoms with Crippen LogP contribution in [0.25, 0.3) is 5.69 Å². The molecule has 13 nitrogen and oxygen atoms in total. The second-order valence-electron chi connectivity index (χ2n) is 13.6. The Hall–Kier alpha value is -5.45. The molecular formula is C37H34ClF2N7O6S. The first kappa shape index (κ1) is 36.9. The summed E-state index contributed by atoms with van der Waals surface area (Å²) in [6.45, 7) is 4.64. The van der Waals surface area contributed by atoms with Gasteiger partial charge in [-0.15, -0.1) is 11.3 Å². The average Bonchev–Trinajstić information content (AvgIpc) is 3.80. The second-order valence-corrected chi connectivity index (χ2v) is 14.9. The maximum atomic E-state index is 15.4. The number of methoxy groups -OCH3 is 1. The Kier molecular flexibility index (Phi) is 9.85. The number of hydrogen-bond acceptors (Lipinski definition) is 10. The predicted octanol–water partition coefficient (Wildman–Crippen LogP) is 4.73. The van der Waals surface area contributed by atoms with E-state index in [9.17, 15) is 28.7 Å². The third-order valence-electron chi connectivity index (χ3n) is 9.91. The van der Waals surface area contributed by atoms with Crippen molar-refractivity contribution >= 4 is 52.4 Å². The molecule has 2 aromatic heterocycles. The number of rotatable bonds is 9. The number of nitrogens with zero attached hydrogens (tertiary/aromatic N) is 6. The summed E-state index contributed by atoms with van der Waals surface area (Å²) in [7, 11) is 1.26. The van der Waals surface area contributed by atoms with Gasteiger partial charge in [-0.2, -0.15) is 0 Å². The number of aliphatic imine (C=N–C) groups is 1. The van der Waals surface area contributed by atoms with Crippen LogP contribution in [0.1, 0.15) is 36.0 Å². The topological polar surface area (TPSA) is 150 Å². The van der Waals surface area contributed by atoms with E-state index in [-0.39, 0.29) is 47.0 Å². The van der Waals surface area contributed by atoms with Gasteiger partial charge in [0.15, 0.2) is 10.8 Å². The van der Waals surface area contributed by atoms with Crippen molar-refractivity contribution in [2.24, 2.45) is 4.99 Å². The van der Waals surface area contributed by atoms with E-state index >= 15 is 4.39 Å². The molecule has 3 aliphatic rings. The fourth-order valence-corrected chi connectivity index (χ4v) is 7.72. The van der Waals surface area contributed by atoms with Crippen LogP contribution in [0.2, 0.25) is 5.02 Å². The largest absolute Gasteiger partial charge is 0.481 e. The van der Waals surface area contributed by atoms with Crippen LogP contribution < -0.4 is 15.8 Å². The Balaban J connectivity index is 1.15. The fraction of sp³-hybridized carbons (Fsp3) is 0.297. The van der Waals surface area contributed by atoms with Gasteiger partial charge < -0.3 is 20.1 Å². The highest BCUT2D eigenvalue weighted by Gasteiger charge is 2.42. The lowest BCUT2D eigenvalue weighted by Crippen LogP contribution is -2.53. The minimum Gasteiger partial charge on any atom is -0.481 e. The van der Waals surface area contributed by atoms with Gasteiger partial charge >= 0.3 is 18.0 Å². The van der Waals surface area contributed by atoms with Crippen molar-refractivity contribution < 1.29 is 33.0 Å². The van der Waals surface area contributed by atoms with E-state index in [0.717, 1.165) is 16.7 Å². The Bertz CT molecular complexity index is 2300. The number of carboxylic acid groups (broad SMARTS) is 1. The number of aromatic nitrogens is 2. The zero-order chi connectivity index (χ0) is 38.5. The van der Waals surface area contributed by atoms with Crippen LogP contribution in [0.4, 0.5) is 19.3 Å². The van der Waals surface area contributed by atoms with Gasteiger partial charge in [-0.3, -0.25) is 28.9 Å². The Morgan fingerprint density at radius 3 is 2.57 bits per heavy atom. The van der Waals surface area contributed by atoms with Crippen LogP contribution in [-0.4, -0.2) is 94.1 Å². The van der Waals surface area contributed by atoms with E-state index in [1.54, 1.807) is 16.5 Å². The molecule has 2 aromatic carbocycles. The Labute approximate surface area is 316 Å². The number of amidine groups is 1. The molecule has 280 valence electrons. The SMILES string of the molecule is COC(=O)C1=C(CN2CCN3C(=O)N(c4ccc(=O)n(-c5ccc(C(C)(C)C(=O)O)cc5F)c4)C[C@@H]3C2)NC(c2nccs2)=N[C@H]1c1ccc(F)cc1Cl. The monoisotopic (exact) mass is 777 g/mol. The molecule has 54 heavy (non-hydrogen) atoms. The molecule has 0 bridgehead atoms. The van der Waals surface area contributed by atoms with Gasteiger partial charge in [-0.05, 0) is 49.7 Å². The summed E-state index contributed by atoms with van der Waals surface area (Å²) < 4.78 is 35.8. The molecule has 2 amide bonds. The number of benzene rings is 2. The van der Waals surface area contributed by atoms with Gasteiger partial charge in [0.05, 0.1) is 35.5 Å². The summed E-state index contributed by atoms with van der Waals surface area (Å²) in [6, 6.07) is 9.09. The molecule has 2 atom stereocenters. The van der Waals surface area contributed by atoms with E-state index in [2.05, 4.69) is 15.2 Å². The van der Waals surface area contributed by atoms with E-state index in [0.29, 0.717) is 47.4 Å². The van der Waals surface area contributed by atoms with Crippen molar-refractivity contribution in [2.45, 2.75) is 31.3 Å². The first-order chi connectivity index (χ1) is 25.8. The van der Waals surface area contributed by atoms with Crippen molar-refractivity contribution in [1.29, 1.82) is 0 Å². The van der Waals surface area contributed by atoms with Crippen molar-refractivity contribution in [2.75, 3.05) is 44.7 Å². The van der Waals surface area contributed by atoms with E-state index < -0.39 is 40.6 Å². The molecule has 2 saturated heterocycles. The van der Waals surface area contributed by atoms with Crippen molar-refractivity contribution in [3.63, 3.8) is 0 Å². The number of hydrogen-bond donors (Lipinski definition) is 2. The number of thiazole rings is 1. The molecule has 17 heteroatoms. The number of pyridine rings is 1. The van der Waals surface area contributed by atoms with Crippen LogP contribution in [0.5, 0.6) is 0 Å². The minimum absolute atomic E-state index is 0.0853. The molecule has 0 saturated carbocycles. The number of carbonyl (C=O) groups excluding carboxylic acids is 2. The van der Waals surface area contributed by atoms with Crippen LogP contribution in [0, 0.1) is 11.6 Å². The van der Waals surface area contributed by atoms with Gasteiger partial charge in [0.25, 0.3) is 5.56 Å². The summed E-state index contributed by atoms with van der Waals surface area (Å²) in [6.07, 6.45) is 3.03. The maximum absolute atomic E-state index is 15.4. The van der Waals surface area contributed by atoms with Crippen molar-refractivity contribution in [3.05, 3.63) is 121 Å². The molecule has 0 unspecified atom stereocenters. The van der Waals surface area contributed by atoms with Crippen molar-refractivity contribution in [1.82, 2.24) is 24.7 Å². The summed E-state index contributed by atoms with van der Waals surface area (Å²) in [5.74, 6) is -2.68. The molecule has 5 heterocycles. The van der Waals surface area contributed by atoms with Crippen molar-refractivity contribution in [3.8, 4) is 5.69 Å². The fourth-order valence-electron chi connectivity index (χ4n) is 6.86. The molecule has 0 radical (unpaired) electrons. The lowest BCUT2D eigenvalue weighted by atomic mass is 9.84. The summed E-state index contributed by atoms with van der Waals surface area (Å²) >= 11 is 7.84. The highest BCUT2D eigenvalue weighted by atomic mass is 35.5. The van der Waals surface area contributed by atoms with Gasteiger partial charge in [-0.25, -0.2) is 23.4 Å². The standard InChI is InChI=1S/C37H34ClF2N7O6S/c1-37(2,35(50)51)20-4-8-28(26(40)14-20)47-17-22(6-9-29(47)48)46-18-23-16-44(11-12-45(23)36(46)52)19-27-30(34(49)53-3)31(24-7-5-21(39)15-25(24)38)43-32(42-27)33-41-10-13-54-33/h4-10,13-15,17,23,31H,11-12,16,18-19H2,1-3H3,(H,42,43)(H,50,51)/t23-,31-/m0/s1.